The summed E-state index contributed by atoms with van der Waals surface area (Å²) >= 11 is 0. The molecule has 1 aliphatic rings. The molecule has 1 fully saturated rings. The Morgan fingerprint density at radius 1 is 1.67 bits per heavy atom. The fourth-order valence-corrected chi connectivity index (χ4v) is 1.68. The maximum Gasteiger partial charge on any atom is 0.223 e. The zero-order valence-electron chi connectivity index (χ0n) is 5.98. The first-order valence-electron chi connectivity index (χ1n) is 3.34. The molecule has 2 N–H and O–H groups in total. The molecule has 0 spiro atoms. The molecule has 0 radical (unpaired) electrons. The summed E-state index contributed by atoms with van der Waals surface area (Å²) in [5.41, 5.74) is 4.99. The Balaban J connectivity index is 2.50. The minimum absolute atomic E-state index is 0.138. The minimum atomic E-state index is -0.167. The molecule has 0 atom stereocenters. The zero-order valence-corrected chi connectivity index (χ0v) is 5.98. The number of rotatable bonds is 1. The molecule has 1 aliphatic carbocycles. The van der Waals surface area contributed by atoms with Gasteiger partial charge >= 0.3 is 0 Å². The van der Waals surface area contributed by atoms with Crippen molar-refractivity contribution in [1.82, 2.24) is 0 Å². The highest BCUT2D eigenvalue weighted by Crippen LogP contribution is 2.44. The van der Waals surface area contributed by atoms with E-state index >= 15 is 0 Å². The van der Waals surface area contributed by atoms with E-state index in [2.05, 4.69) is 6.92 Å². The van der Waals surface area contributed by atoms with Crippen molar-refractivity contribution in [3.63, 3.8) is 0 Å². The lowest BCUT2D eigenvalue weighted by Gasteiger charge is -2.40. The van der Waals surface area contributed by atoms with Crippen LogP contribution in [-0.4, -0.2) is 5.91 Å². The maximum atomic E-state index is 10.7. The van der Waals surface area contributed by atoms with Crippen molar-refractivity contribution in [1.29, 1.82) is 0 Å². The van der Waals surface area contributed by atoms with E-state index < -0.39 is 0 Å². The van der Waals surface area contributed by atoms with Crippen LogP contribution in [0.25, 0.3) is 0 Å². The average molecular weight is 127 g/mol. The summed E-state index contributed by atoms with van der Waals surface area (Å²) in [7, 11) is 0. The van der Waals surface area contributed by atoms with Crippen molar-refractivity contribution in [2.75, 3.05) is 0 Å². The number of nitrogens with two attached hydrogens (primary N) is 1. The molecule has 0 heterocycles. The smallest absolute Gasteiger partial charge is 0.223 e. The van der Waals surface area contributed by atoms with Gasteiger partial charge in [-0.1, -0.05) is 13.8 Å². The van der Waals surface area contributed by atoms with Crippen molar-refractivity contribution in [2.24, 2.45) is 17.1 Å². The number of amides is 1. The van der Waals surface area contributed by atoms with Crippen LogP contribution in [0.4, 0.5) is 0 Å². The molecule has 0 bridgehead atoms. The van der Waals surface area contributed by atoms with Crippen molar-refractivity contribution in [2.45, 2.75) is 26.7 Å². The standard InChI is InChI=1S/C7H13NO/c1-5-3-7(2,4-5)6(8)9/h5H,3-4H2,1-2H3,(H2,8,9). The summed E-state index contributed by atoms with van der Waals surface area (Å²) in [4.78, 5) is 10.7. The quantitative estimate of drug-likeness (QED) is 0.559. The fraction of sp³-hybridized carbons (Fsp3) is 0.857. The van der Waals surface area contributed by atoms with Gasteiger partial charge in [0.15, 0.2) is 0 Å². The van der Waals surface area contributed by atoms with E-state index in [-0.39, 0.29) is 11.3 Å². The van der Waals surface area contributed by atoms with Crippen LogP contribution >= 0.6 is 0 Å². The van der Waals surface area contributed by atoms with Crippen molar-refractivity contribution < 1.29 is 4.79 Å². The lowest BCUT2D eigenvalue weighted by molar-refractivity contribution is -0.133. The van der Waals surface area contributed by atoms with Crippen LogP contribution in [0.15, 0.2) is 0 Å². The Labute approximate surface area is 55.4 Å². The molecule has 1 amide bonds. The number of primary amides is 1. The summed E-state index contributed by atoms with van der Waals surface area (Å²) in [5, 5.41) is 0. The van der Waals surface area contributed by atoms with E-state index in [9.17, 15) is 4.79 Å². The molecule has 0 aromatic carbocycles. The van der Waals surface area contributed by atoms with E-state index in [0.29, 0.717) is 5.92 Å². The minimum Gasteiger partial charge on any atom is -0.369 e. The van der Waals surface area contributed by atoms with Crippen LogP contribution < -0.4 is 5.73 Å². The van der Waals surface area contributed by atoms with E-state index in [1.165, 1.54) is 0 Å². The van der Waals surface area contributed by atoms with Crippen LogP contribution in [0.2, 0.25) is 0 Å². The molecule has 0 aromatic rings. The number of hydrogen-bond donors (Lipinski definition) is 1. The van der Waals surface area contributed by atoms with Crippen molar-refractivity contribution in [3.8, 4) is 0 Å². The Bertz CT molecular complexity index is 136. The average Bonchev–Trinajstić information content (AvgIpc) is 1.62. The Hall–Kier alpha value is -0.530. The highest BCUT2D eigenvalue weighted by Gasteiger charge is 2.42. The first-order chi connectivity index (χ1) is 4.04. The van der Waals surface area contributed by atoms with Crippen LogP contribution in [0.5, 0.6) is 0 Å². The van der Waals surface area contributed by atoms with Gasteiger partial charge in [0, 0.05) is 5.41 Å². The van der Waals surface area contributed by atoms with E-state index in [4.69, 9.17) is 5.73 Å². The molecule has 2 heteroatoms. The van der Waals surface area contributed by atoms with Gasteiger partial charge in [0.1, 0.15) is 0 Å². The van der Waals surface area contributed by atoms with Crippen LogP contribution in [-0.2, 0) is 4.79 Å². The molecule has 1 saturated carbocycles. The van der Waals surface area contributed by atoms with Crippen LogP contribution in [0.1, 0.15) is 26.7 Å². The predicted octanol–water partition coefficient (Wildman–Crippen LogP) is 0.908. The van der Waals surface area contributed by atoms with Gasteiger partial charge in [0.05, 0.1) is 0 Å². The molecule has 0 aromatic heterocycles. The van der Waals surface area contributed by atoms with E-state index in [0.717, 1.165) is 12.8 Å². The van der Waals surface area contributed by atoms with Gasteiger partial charge in [-0.25, -0.2) is 0 Å². The third kappa shape index (κ3) is 0.934. The van der Waals surface area contributed by atoms with Crippen LogP contribution in [0, 0.1) is 11.3 Å². The summed E-state index contributed by atoms with van der Waals surface area (Å²) in [6.07, 6.45) is 1.95. The highest BCUT2D eigenvalue weighted by molar-refractivity contribution is 5.81. The van der Waals surface area contributed by atoms with Gasteiger partial charge in [-0.3, -0.25) is 4.79 Å². The van der Waals surface area contributed by atoms with Crippen molar-refractivity contribution >= 4 is 5.91 Å². The van der Waals surface area contributed by atoms with Crippen molar-refractivity contribution in [3.05, 3.63) is 0 Å². The summed E-state index contributed by atoms with van der Waals surface area (Å²) in [6.45, 7) is 4.08. The zero-order chi connectivity index (χ0) is 7.07. The summed E-state index contributed by atoms with van der Waals surface area (Å²) in [5.74, 6) is 0.558. The Morgan fingerprint density at radius 3 is 2.22 bits per heavy atom. The molecule has 52 valence electrons. The Morgan fingerprint density at radius 2 is 2.11 bits per heavy atom. The highest BCUT2D eigenvalue weighted by atomic mass is 16.1. The van der Waals surface area contributed by atoms with Gasteiger partial charge in [-0.15, -0.1) is 0 Å². The van der Waals surface area contributed by atoms with Gasteiger partial charge in [0.25, 0.3) is 0 Å². The topological polar surface area (TPSA) is 43.1 Å². The lowest BCUT2D eigenvalue weighted by Crippen LogP contribution is -2.44. The lowest BCUT2D eigenvalue weighted by atomic mass is 9.63. The first-order valence-corrected chi connectivity index (χ1v) is 3.34. The van der Waals surface area contributed by atoms with E-state index in [1.807, 2.05) is 6.92 Å². The number of hydrogen-bond acceptors (Lipinski definition) is 1. The molecule has 0 unspecified atom stereocenters. The third-order valence-corrected chi connectivity index (χ3v) is 2.19. The summed E-state index contributed by atoms with van der Waals surface area (Å²) < 4.78 is 0. The molecule has 2 nitrogen and oxygen atoms in total. The number of carbonyl (C=O) groups excluding carboxylic acids is 1. The second-order valence-electron chi connectivity index (χ2n) is 3.44. The first kappa shape index (κ1) is 6.59. The molecule has 9 heavy (non-hydrogen) atoms. The molecule has 1 rings (SSSR count). The SMILES string of the molecule is CC1CC(C)(C(N)=O)C1. The summed E-state index contributed by atoms with van der Waals surface area (Å²) in [6, 6.07) is 0. The Kier molecular flexibility index (Phi) is 1.26. The third-order valence-electron chi connectivity index (χ3n) is 2.19. The monoisotopic (exact) mass is 127 g/mol. The largest absolute Gasteiger partial charge is 0.369 e. The van der Waals surface area contributed by atoms with Gasteiger partial charge in [-0.05, 0) is 18.8 Å². The maximum absolute atomic E-state index is 10.7. The fourth-order valence-electron chi connectivity index (χ4n) is 1.68. The normalized spacial score (nSPS) is 41.8. The van der Waals surface area contributed by atoms with Gasteiger partial charge in [0.2, 0.25) is 5.91 Å². The second-order valence-corrected chi connectivity index (χ2v) is 3.44. The van der Waals surface area contributed by atoms with Crippen LogP contribution in [0.3, 0.4) is 0 Å². The molecule has 0 saturated heterocycles. The predicted molar refractivity (Wildman–Crippen MR) is 35.7 cm³/mol. The second kappa shape index (κ2) is 1.72. The van der Waals surface area contributed by atoms with Gasteiger partial charge < -0.3 is 5.73 Å². The molecule has 0 aliphatic heterocycles. The molecular weight excluding hydrogens is 114 g/mol. The van der Waals surface area contributed by atoms with Gasteiger partial charge in [-0.2, -0.15) is 0 Å². The number of carbonyl (C=O) groups is 1. The molecular formula is C7H13NO. The van der Waals surface area contributed by atoms with E-state index in [1.54, 1.807) is 0 Å².